The number of hydrogen-bond donors (Lipinski definition) is 1. The van der Waals surface area contributed by atoms with Crippen LogP contribution in [0.3, 0.4) is 0 Å². The fourth-order valence-electron chi connectivity index (χ4n) is 2.00. The van der Waals surface area contributed by atoms with Crippen molar-refractivity contribution in [1.29, 1.82) is 0 Å². The van der Waals surface area contributed by atoms with Crippen molar-refractivity contribution in [3.8, 4) is 0 Å². The minimum Gasteiger partial charge on any atom is -0.454 e. The molecular formula is C20H19Cl2NO4. The molecule has 2 rings (SSSR count). The number of halogens is 2. The molecule has 0 saturated carbocycles. The highest BCUT2D eigenvalue weighted by atomic mass is 35.5. The zero-order chi connectivity index (χ0) is 20.2. The lowest BCUT2D eigenvalue weighted by molar-refractivity contribution is -0.123. The number of ether oxygens (including phenoxy) is 1. The molecule has 0 aliphatic carbocycles. The first-order valence-electron chi connectivity index (χ1n) is 8.15. The topological polar surface area (TPSA) is 72.5 Å². The molecular weight excluding hydrogens is 389 g/mol. The average molecular weight is 408 g/mol. The molecule has 0 fully saturated rings. The molecule has 142 valence electrons. The minimum atomic E-state index is -0.732. The molecule has 7 heteroatoms. The van der Waals surface area contributed by atoms with Crippen LogP contribution in [-0.2, 0) is 9.53 Å². The number of carbonyl (C=O) groups is 3. The van der Waals surface area contributed by atoms with Crippen molar-refractivity contribution in [2.75, 3.05) is 11.9 Å². The normalized spacial score (nSPS) is 11.0. The molecule has 1 amide bonds. The predicted octanol–water partition coefficient (Wildman–Crippen LogP) is 5.02. The zero-order valence-electron chi connectivity index (χ0n) is 15.1. The second-order valence-electron chi connectivity index (χ2n) is 6.90. The lowest BCUT2D eigenvalue weighted by Gasteiger charge is -2.17. The third kappa shape index (κ3) is 5.81. The Hall–Kier alpha value is -2.37. The summed E-state index contributed by atoms with van der Waals surface area (Å²) in [5, 5.41) is 3.30. The van der Waals surface area contributed by atoms with E-state index < -0.39 is 18.0 Å². The molecule has 2 aromatic rings. The first-order chi connectivity index (χ1) is 12.6. The maximum Gasteiger partial charge on any atom is 0.340 e. The fraction of sp³-hybridized carbons (Fsp3) is 0.250. The SMILES string of the molecule is CC(C)(C)C(=O)Nc1ccc(C(=O)COC(=O)c2cc(Cl)ccc2Cl)cc1. The van der Waals surface area contributed by atoms with E-state index in [1.165, 1.54) is 12.1 Å². The Kier molecular flexibility index (Phi) is 6.63. The molecule has 0 atom stereocenters. The van der Waals surface area contributed by atoms with Crippen molar-refractivity contribution in [1.82, 2.24) is 0 Å². The molecule has 2 aromatic carbocycles. The number of ketones is 1. The molecule has 0 heterocycles. The summed E-state index contributed by atoms with van der Waals surface area (Å²) in [5.41, 5.74) is 0.504. The summed E-state index contributed by atoms with van der Waals surface area (Å²) in [6.45, 7) is 4.98. The minimum absolute atomic E-state index is 0.0946. The Balaban J connectivity index is 1.97. The van der Waals surface area contributed by atoms with Crippen molar-refractivity contribution in [3.05, 3.63) is 63.6 Å². The number of esters is 1. The van der Waals surface area contributed by atoms with Crippen LogP contribution in [0.2, 0.25) is 10.0 Å². The highest BCUT2D eigenvalue weighted by Gasteiger charge is 2.21. The van der Waals surface area contributed by atoms with Crippen LogP contribution >= 0.6 is 23.2 Å². The smallest absolute Gasteiger partial charge is 0.340 e. The second-order valence-corrected chi connectivity index (χ2v) is 7.75. The van der Waals surface area contributed by atoms with Crippen LogP contribution in [0.1, 0.15) is 41.5 Å². The van der Waals surface area contributed by atoms with Gasteiger partial charge in [0.05, 0.1) is 10.6 Å². The van der Waals surface area contributed by atoms with Gasteiger partial charge in [0.25, 0.3) is 0 Å². The number of benzene rings is 2. The summed E-state index contributed by atoms with van der Waals surface area (Å²) in [6.07, 6.45) is 0. The van der Waals surface area contributed by atoms with Crippen molar-refractivity contribution < 1.29 is 19.1 Å². The van der Waals surface area contributed by atoms with E-state index in [0.29, 0.717) is 16.3 Å². The summed E-state index contributed by atoms with van der Waals surface area (Å²) in [5.74, 6) is -1.24. The monoisotopic (exact) mass is 407 g/mol. The van der Waals surface area contributed by atoms with E-state index >= 15 is 0 Å². The molecule has 0 spiro atoms. The molecule has 27 heavy (non-hydrogen) atoms. The van der Waals surface area contributed by atoms with E-state index in [9.17, 15) is 14.4 Å². The predicted molar refractivity (Wildman–Crippen MR) is 106 cm³/mol. The van der Waals surface area contributed by atoms with Crippen LogP contribution in [0, 0.1) is 5.41 Å². The highest BCUT2D eigenvalue weighted by Crippen LogP contribution is 2.22. The number of anilines is 1. The van der Waals surface area contributed by atoms with Gasteiger partial charge in [0, 0.05) is 21.7 Å². The first-order valence-corrected chi connectivity index (χ1v) is 8.90. The van der Waals surface area contributed by atoms with E-state index in [0.717, 1.165) is 0 Å². The van der Waals surface area contributed by atoms with Gasteiger partial charge in [-0.25, -0.2) is 4.79 Å². The van der Waals surface area contributed by atoms with Crippen molar-refractivity contribution >= 4 is 46.5 Å². The summed E-state index contributed by atoms with van der Waals surface area (Å²) >= 11 is 11.8. The van der Waals surface area contributed by atoms with E-state index in [-0.39, 0.29) is 22.3 Å². The van der Waals surface area contributed by atoms with Crippen LogP contribution in [-0.4, -0.2) is 24.3 Å². The Morgan fingerprint density at radius 2 is 1.63 bits per heavy atom. The second kappa shape index (κ2) is 8.55. The summed E-state index contributed by atoms with van der Waals surface area (Å²) in [4.78, 5) is 36.2. The quantitative estimate of drug-likeness (QED) is 0.557. The molecule has 0 radical (unpaired) electrons. The zero-order valence-corrected chi connectivity index (χ0v) is 16.6. The Morgan fingerprint density at radius 3 is 2.22 bits per heavy atom. The van der Waals surface area contributed by atoms with E-state index in [1.807, 2.05) is 0 Å². The van der Waals surface area contributed by atoms with Gasteiger partial charge in [-0.15, -0.1) is 0 Å². The van der Waals surface area contributed by atoms with Gasteiger partial charge in [0.1, 0.15) is 0 Å². The van der Waals surface area contributed by atoms with Gasteiger partial charge in [0.15, 0.2) is 12.4 Å². The average Bonchev–Trinajstić information content (AvgIpc) is 2.61. The van der Waals surface area contributed by atoms with Crippen LogP contribution in [0.25, 0.3) is 0 Å². The van der Waals surface area contributed by atoms with Crippen molar-refractivity contribution in [2.45, 2.75) is 20.8 Å². The third-order valence-corrected chi connectivity index (χ3v) is 4.19. The number of hydrogen-bond acceptors (Lipinski definition) is 4. The lowest BCUT2D eigenvalue weighted by atomic mass is 9.95. The van der Waals surface area contributed by atoms with Gasteiger partial charge in [-0.3, -0.25) is 9.59 Å². The molecule has 0 bridgehead atoms. The maximum atomic E-state index is 12.2. The molecule has 0 saturated heterocycles. The standard InChI is InChI=1S/C20H19Cl2NO4/c1-20(2,3)19(26)23-14-7-4-12(5-8-14)17(24)11-27-18(25)15-10-13(21)6-9-16(15)22/h4-10H,11H2,1-3H3,(H,23,26). The van der Waals surface area contributed by atoms with Gasteiger partial charge < -0.3 is 10.1 Å². The summed E-state index contributed by atoms with van der Waals surface area (Å²) < 4.78 is 5.02. The number of amides is 1. The first kappa shape index (κ1) is 20.9. The number of carbonyl (C=O) groups excluding carboxylic acids is 3. The summed E-state index contributed by atoms with van der Waals surface area (Å²) in [7, 11) is 0. The Morgan fingerprint density at radius 1 is 1.00 bits per heavy atom. The van der Waals surface area contributed by atoms with Gasteiger partial charge in [-0.2, -0.15) is 0 Å². The van der Waals surface area contributed by atoms with Crippen molar-refractivity contribution in [2.24, 2.45) is 5.41 Å². The van der Waals surface area contributed by atoms with Gasteiger partial charge in [-0.1, -0.05) is 44.0 Å². The molecule has 5 nitrogen and oxygen atoms in total. The largest absolute Gasteiger partial charge is 0.454 e. The molecule has 0 aromatic heterocycles. The number of Topliss-reactive ketones (excluding diaryl/α,β-unsaturated/α-hetero) is 1. The third-order valence-electron chi connectivity index (χ3n) is 3.63. The van der Waals surface area contributed by atoms with Crippen LogP contribution in [0.4, 0.5) is 5.69 Å². The fourth-order valence-corrected chi connectivity index (χ4v) is 2.37. The highest BCUT2D eigenvalue weighted by molar-refractivity contribution is 6.35. The van der Waals surface area contributed by atoms with E-state index in [2.05, 4.69) is 5.32 Å². The lowest BCUT2D eigenvalue weighted by Crippen LogP contribution is -2.27. The van der Waals surface area contributed by atoms with E-state index in [4.69, 9.17) is 27.9 Å². The van der Waals surface area contributed by atoms with Crippen molar-refractivity contribution in [3.63, 3.8) is 0 Å². The van der Waals surface area contributed by atoms with Gasteiger partial charge in [-0.05, 0) is 42.5 Å². The molecule has 0 unspecified atom stereocenters. The Bertz CT molecular complexity index is 871. The molecule has 0 aliphatic rings. The summed E-state index contributed by atoms with van der Waals surface area (Å²) in [6, 6.07) is 10.8. The van der Waals surface area contributed by atoms with Crippen LogP contribution in [0.5, 0.6) is 0 Å². The number of rotatable bonds is 5. The van der Waals surface area contributed by atoms with Gasteiger partial charge >= 0.3 is 5.97 Å². The molecule has 1 N–H and O–H groups in total. The maximum absolute atomic E-state index is 12.2. The molecule has 0 aliphatic heterocycles. The van der Waals surface area contributed by atoms with Gasteiger partial charge in [0.2, 0.25) is 5.91 Å². The van der Waals surface area contributed by atoms with Crippen LogP contribution in [0.15, 0.2) is 42.5 Å². The van der Waals surface area contributed by atoms with Crippen LogP contribution < -0.4 is 5.32 Å². The Labute approximate surface area is 167 Å². The van der Waals surface area contributed by atoms with E-state index in [1.54, 1.807) is 51.1 Å². The number of nitrogens with one attached hydrogen (secondary N) is 1.